The summed E-state index contributed by atoms with van der Waals surface area (Å²) in [5.41, 5.74) is 5.74. The number of hydrogen-bond acceptors (Lipinski definition) is 7. The van der Waals surface area contributed by atoms with Crippen LogP contribution in [0.4, 0.5) is 29.3 Å². The first-order valence-electron chi connectivity index (χ1n) is 15.0. The number of amides is 3. The number of aryl methyl sites for hydroxylation is 2. The third-order valence-corrected chi connectivity index (χ3v) is 8.29. The molecule has 0 atom stereocenters. The molecule has 5 aromatic rings. The van der Waals surface area contributed by atoms with Gasteiger partial charge in [0, 0.05) is 16.8 Å². The highest BCUT2D eigenvalue weighted by Gasteiger charge is 2.32. The Morgan fingerprint density at radius 1 is 0.980 bits per heavy atom. The quantitative estimate of drug-likeness (QED) is 0.168. The Kier molecular flexibility index (Phi) is 9.78. The van der Waals surface area contributed by atoms with Crippen LogP contribution in [0.15, 0.2) is 102 Å². The minimum absolute atomic E-state index is 0.142. The molecule has 14 heteroatoms. The molecule has 0 spiro atoms. The summed E-state index contributed by atoms with van der Waals surface area (Å²) in [5, 5.41) is 7.49. The number of anilines is 2. The number of alkyl halides is 3. The highest BCUT2D eigenvalue weighted by Crippen LogP contribution is 2.32. The van der Waals surface area contributed by atoms with Gasteiger partial charge in [-0.1, -0.05) is 54.2 Å². The zero-order chi connectivity index (χ0) is 34.5. The van der Waals surface area contributed by atoms with Gasteiger partial charge in [0.1, 0.15) is 12.1 Å². The van der Waals surface area contributed by atoms with E-state index in [9.17, 15) is 22.8 Å². The molecule has 1 aliphatic rings. The van der Waals surface area contributed by atoms with Gasteiger partial charge in [-0.15, -0.1) is 18.3 Å². The van der Waals surface area contributed by atoms with E-state index in [0.717, 1.165) is 16.7 Å². The Morgan fingerprint density at radius 2 is 1.76 bits per heavy atom. The fourth-order valence-corrected chi connectivity index (χ4v) is 5.89. The molecule has 4 aromatic carbocycles. The number of carbonyl (C=O) groups excluding carboxylic acids is 2. The van der Waals surface area contributed by atoms with Crippen molar-refractivity contribution in [1.82, 2.24) is 14.8 Å². The molecule has 49 heavy (non-hydrogen) atoms. The predicted octanol–water partition coefficient (Wildman–Crippen LogP) is 7.83. The first kappa shape index (κ1) is 33.4. The SMILES string of the molecule is Cc1ccc(COCc2ccccc2)c(N2C(=O)CSC2=NC(=O)Nc2ccc(-c3ncn(-c4ccc(OC(F)(F)F)cc4)n3)cc2C)c1. The average molecular weight is 687 g/mol. The molecule has 2 heterocycles. The van der Waals surface area contributed by atoms with Crippen LogP contribution in [0.3, 0.4) is 0 Å². The maximum absolute atomic E-state index is 13.1. The number of carbonyl (C=O) groups is 2. The van der Waals surface area contributed by atoms with Gasteiger partial charge < -0.3 is 14.8 Å². The van der Waals surface area contributed by atoms with E-state index in [4.69, 9.17) is 4.74 Å². The number of aromatic nitrogens is 3. The molecule has 0 unspecified atom stereocenters. The predicted molar refractivity (Wildman–Crippen MR) is 181 cm³/mol. The summed E-state index contributed by atoms with van der Waals surface area (Å²) in [7, 11) is 0. The number of benzene rings is 4. The highest BCUT2D eigenvalue weighted by molar-refractivity contribution is 8.15. The van der Waals surface area contributed by atoms with Crippen molar-refractivity contribution >= 4 is 40.2 Å². The second-order valence-corrected chi connectivity index (χ2v) is 12.0. The number of rotatable bonds is 9. The molecule has 1 N–H and O–H groups in total. The summed E-state index contributed by atoms with van der Waals surface area (Å²) in [4.78, 5) is 36.2. The maximum Gasteiger partial charge on any atom is 0.573 e. The molecule has 6 rings (SSSR count). The van der Waals surface area contributed by atoms with Gasteiger partial charge in [-0.25, -0.2) is 14.5 Å². The van der Waals surface area contributed by atoms with E-state index in [-0.39, 0.29) is 29.2 Å². The molecule has 0 aliphatic carbocycles. The molecule has 0 saturated carbocycles. The molecule has 1 aromatic heterocycles. The van der Waals surface area contributed by atoms with Crippen molar-refractivity contribution in [3.8, 4) is 22.8 Å². The minimum Gasteiger partial charge on any atom is -0.406 e. The lowest BCUT2D eigenvalue weighted by Crippen LogP contribution is -2.31. The highest BCUT2D eigenvalue weighted by atomic mass is 32.2. The van der Waals surface area contributed by atoms with Gasteiger partial charge in [0.25, 0.3) is 0 Å². The molecule has 0 radical (unpaired) electrons. The lowest BCUT2D eigenvalue weighted by atomic mass is 10.1. The van der Waals surface area contributed by atoms with Crippen LogP contribution >= 0.6 is 11.8 Å². The second kappa shape index (κ2) is 14.3. The van der Waals surface area contributed by atoms with Gasteiger partial charge >= 0.3 is 12.4 Å². The molecule has 1 fully saturated rings. The van der Waals surface area contributed by atoms with Crippen molar-refractivity contribution in [1.29, 1.82) is 0 Å². The fourth-order valence-electron chi connectivity index (χ4n) is 5.03. The Hall–Kier alpha value is -5.47. The molecule has 10 nitrogen and oxygen atoms in total. The summed E-state index contributed by atoms with van der Waals surface area (Å²) < 4.78 is 48.7. The topological polar surface area (TPSA) is 111 Å². The maximum atomic E-state index is 13.1. The van der Waals surface area contributed by atoms with Crippen molar-refractivity contribution in [3.63, 3.8) is 0 Å². The Bertz CT molecular complexity index is 2020. The van der Waals surface area contributed by atoms with Crippen LogP contribution in [-0.4, -0.2) is 44.0 Å². The Morgan fingerprint density at radius 3 is 2.49 bits per heavy atom. The van der Waals surface area contributed by atoms with Crippen LogP contribution < -0.4 is 15.0 Å². The molecule has 1 saturated heterocycles. The van der Waals surface area contributed by atoms with Crippen molar-refractivity contribution in [2.45, 2.75) is 33.4 Å². The summed E-state index contributed by atoms with van der Waals surface area (Å²) in [6.07, 6.45) is -3.34. The van der Waals surface area contributed by atoms with E-state index in [2.05, 4.69) is 25.1 Å². The second-order valence-electron chi connectivity index (χ2n) is 11.0. The van der Waals surface area contributed by atoms with Gasteiger partial charge in [-0.05, 0) is 79.1 Å². The van der Waals surface area contributed by atoms with Crippen molar-refractivity contribution in [2.75, 3.05) is 16.0 Å². The van der Waals surface area contributed by atoms with E-state index >= 15 is 0 Å². The number of ether oxygens (including phenoxy) is 2. The number of nitrogens with zero attached hydrogens (tertiary/aromatic N) is 5. The Labute approximate surface area is 283 Å². The summed E-state index contributed by atoms with van der Waals surface area (Å²) in [6, 6.07) is 25.3. The Balaban J connectivity index is 1.14. The number of thioether (sulfide) groups is 1. The zero-order valence-corrected chi connectivity index (χ0v) is 27.1. The molecule has 1 aliphatic heterocycles. The van der Waals surface area contributed by atoms with Crippen molar-refractivity contribution in [3.05, 3.63) is 120 Å². The van der Waals surface area contributed by atoms with E-state index in [1.807, 2.05) is 55.5 Å². The van der Waals surface area contributed by atoms with Crippen LogP contribution in [0, 0.1) is 13.8 Å². The molecular weight excluding hydrogens is 657 g/mol. The smallest absolute Gasteiger partial charge is 0.406 e. The van der Waals surface area contributed by atoms with Crippen LogP contribution in [-0.2, 0) is 22.7 Å². The number of aliphatic imine (C=N–C) groups is 1. The lowest BCUT2D eigenvalue weighted by molar-refractivity contribution is -0.274. The zero-order valence-electron chi connectivity index (χ0n) is 26.3. The monoisotopic (exact) mass is 686 g/mol. The third-order valence-electron chi connectivity index (χ3n) is 7.37. The fraction of sp³-hybridized carbons (Fsp3) is 0.171. The first-order valence-corrected chi connectivity index (χ1v) is 16.0. The van der Waals surface area contributed by atoms with Crippen LogP contribution in [0.25, 0.3) is 17.1 Å². The normalized spacial score (nSPS) is 14.0. The van der Waals surface area contributed by atoms with Gasteiger partial charge in [-0.3, -0.25) is 9.69 Å². The summed E-state index contributed by atoms with van der Waals surface area (Å²) >= 11 is 1.18. The molecule has 250 valence electrons. The van der Waals surface area contributed by atoms with Crippen molar-refractivity contribution < 1.29 is 32.2 Å². The largest absolute Gasteiger partial charge is 0.573 e. The van der Waals surface area contributed by atoms with Gasteiger partial charge in [-0.2, -0.15) is 4.99 Å². The van der Waals surface area contributed by atoms with Crippen LogP contribution in [0.5, 0.6) is 5.75 Å². The number of halogens is 3. The standard InChI is InChI=1S/C35H29F3N6O4S/c1-22-8-9-26(19-47-18-24-6-4-3-5-7-24)30(16-22)44-31(45)20-49-34(44)41-33(46)40-29-15-10-25(17-23(29)2)32-39-21-43(42-32)27-11-13-28(14-12-27)48-35(36,37)38/h3-17,21H,18-20H2,1-2H3,(H,40,46). The van der Waals surface area contributed by atoms with Crippen molar-refractivity contribution in [2.24, 2.45) is 4.99 Å². The molecule has 0 bridgehead atoms. The molecular formula is C35H29F3N6O4S. The molecule has 3 amide bonds. The summed E-state index contributed by atoms with van der Waals surface area (Å²) in [5.74, 6) is -0.0205. The lowest BCUT2D eigenvalue weighted by Gasteiger charge is -2.20. The minimum atomic E-state index is -4.78. The van der Waals surface area contributed by atoms with Gasteiger partial charge in [0.05, 0.1) is 30.3 Å². The van der Waals surface area contributed by atoms with Crippen LogP contribution in [0.1, 0.15) is 22.3 Å². The van der Waals surface area contributed by atoms with Gasteiger partial charge in [0.2, 0.25) is 5.91 Å². The van der Waals surface area contributed by atoms with E-state index < -0.39 is 12.4 Å². The van der Waals surface area contributed by atoms with E-state index in [1.165, 1.54) is 51.9 Å². The van der Waals surface area contributed by atoms with Gasteiger partial charge in [0.15, 0.2) is 11.0 Å². The number of hydrogen-bond donors (Lipinski definition) is 1. The average Bonchev–Trinajstić information content (AvgIpc) is 3.70. The van der Waals surface area contributed by atoms with E-state index in [0.29, 0.717) is 40.6 Å². The van der Waals surface area contributed by atoms with Crippen LogP contribution in [0.2, 0.25) is 0 Å². The summed E-state index contributed by atoms with van der Waals surface area (Å²) in [6.45, 7) is 4.40. The third kappa shape index (κ3) is 8.34. The number of urea groups is 1. The number of nitrogens with one attached hydrogen (secondary N) is 1. The van der Waals surface area contributed by atoms with E-state index in [1.54, 1.807) is 25.1 Å². The first-order chi connectivity index (χ1) is 23.5. The number of amidine groups is 1.